The molecule has 0 bridgehead atoms. The Labute approximate surface area is 95.8 Å². The van der Waals surface area contributed by atoms with E-state index in [0.29, 0.717) is 0 Å². The molecule has 2 aliphatic rings. The van der Waals surface area contributed by atoms with Gasteiger partial charge in [-0.05, 0) is 32.9 Å². The molecule has 90 valence electrons. The molecule has 1 N–H and O–H groups in total. The van der Waals surface area contributed by atoms with Gasteiger partial charge in [-0.3, -0.25) is 14.5 Å². The lowest BCUT2D eigenvalue weighted by molar-refractivity contribution is -0.133. The van der Waals surface area contributed by atoms with Gasteiger partial charge in [0.25, 0.3) is 0 Å². The zero-order valence-electron chi connectivity index (χ0n) is 9.90. The van der Waals surface area contributed by atoms with Crippen LogP contribution >= 0.6 is 0 Å². The van der Waals surface area contributed by atoms with Crippen molar-refractivity contribution in [3.8, 4) is 0 Å². The molecular weight excluding hydrogens is 206 g/mol. The molecular formula is C11H19N3O2. The first kappa shape index (κ1) is 11.4. The van der Waals surface area contributed by atoms with Crippen molar-refractivity contribution in [3.05, 3.63) is 0 Å². The van der Waals surface area contributed by atoms with Crippen LogP contribution < -0.4 is 5.32 Å². The number of likely N-dealkylation sites (N-methyl/N-ethyl adjacent to an activating group) is 2. The zero-order valence-corrected chi connectivity index (χ0v) is 9.90. The van der Waals surface area contributed by atoms with Crippen LogP contribution in [0.4, 0.5) is 0 Å². The third kappa shape index (κ3) is 2.04. The summed E-state index contributed by atoms with van der Waals surface area (Å²) in [6, 6.07) is -0.342. The van der Waals surface area contributed by atoms with Crippen LogP contribution in [-0.4, -0.2) is 60.9 Å². The average Bonchev–Trinajstić information content (AvgIpc) is 2.79. The van der Waals surface area contributed by atoms with Crippen LogP contribution in [0, 0.1) is 0 Å². The largest absolute Gasteiger partial charge is 0.344 e. The molecule has 2 amide bonds. The van der Waals surface area contributed by atoms with Gasteiger partial charge in [-0.2, -0.15) is 0 Å². The summed E-state index contributed by atoms with van der Waals surface area (Å²) in [5, 5.41) is 2.86. The lowest BCUT2D eigenvalue weighted by Crippen LogP contribution is -2.48. The summed E-state index contributed by atoms with van der Waals surface area (Å²) in [6.45, 7) is 1.71. The van der Waals surface area contributed by atoms with E-state index in [-0.39, 0.29) is 23.9 Å². The molecule has 2 fully saturated rings. The number of amides is 2. The smallest absolute Gasteiger partial charge is 0.244 e. The van der Waals surface area contributed by atoms with Crippen molar-refractivity contribution >= 4 is 11.8 Å². The van der Waals surface area contributed by atoms with Crippen LogP contribution in [0.5, 0.6) is 0 Å². The average molecular weight is 225 g/mol. The number of carbonyl (C=O) groups is 2. The number of likely N-dealkylation sites (tertiary alicyclic amines) is 2. The van der Waals surface area contributed by atoms with Gasteiger partial charge in [0.05, 0.1) is 6.04 Å². The first-order chi connectivity index (χ1) is 7.59. The third-order valence-electron chi connectivity index (χ3n) is 3.57. The molecule has 5 heteroatoms. The van der Waals surface area contributed by atoms with Crippen LogP contribution in [0.1, 0.15) is 19.3 Å². The Morgan fingerprint density at radius 2 is 2.06 bits per heavy atom. The minimum atomic E-state index is -0.300. The van der Waals surface area contributed by atoms with Crippen LogP contribution in [0.25, 0.3) is 0 Å². The number of carbonyl (C=O) groups excluding carboxylic acids is 2. The van der Waals surface area contributed by atoms with Gasteiger partial charge in [-0.15, -0.1) is 0 Å². The Morgan fingerprint density at radius 1 is 1.31 bits per heavy atom. The van der Waals surface area contributed by atoms with Gasteiger partial charge in [0.1, 0.15) is 6.04 Å². The van der Waals surface area contributed by atoms with Crippen LogP contribution in [0.2, 0.25) is 0 Å². The summed E-state index contributed by atoms with van der Waals surface area (Å²) < 4.78 is 0. The van der Waals surface area contributed by atoms with Gasteiger partial charge in [-0.25, -0.2) is 0 Å². The highest BCUT2D eigenvalue weighted by Gasteiger charge is 2.34. The van der Waals surface area contributed by atoms with Crippen molar-refractivity contribution in [3.63, 3.8) is 0 Å². The normalized spacial score (nSPS) is 31.1. The Hall–Kier alpha value is -1.10. The molecule has 2 atom stereocenters. The van der Waals surface area contributed by atoms with Crippen molar-refractivity contribution in [2.24, 2.45) is 0 Å². The molecule has 0 spiro atoms. The van der Waals surface area contributed by atoms with Crippen molar-refractivity contribution in [1.82, 2.24) is 15.1 Å². The molecule has 5 nitrogen and oxygen atoms in total. The number of nitrogens with one attached hydrogen (secondary N) is 1. The highest BCUT2D eigenvalue weighted by molar-refractivity contribution is 5.90. The maximum absolute atomic E-state index is 11.9. The fraction of sp³-hybridized carbons (Fsp3) is 0.818. The predicted octanol–water partition coefficient (Wildman–Crippen LogP) is -0.572. The van der Waals surface area contributed by atoms with E-state index in [2.05, 4.69) is 10.2 Å². The quantitative estimate of drug-likeness (QED) is 0.684. The summed E-state index contributed by atoms with van der Waals surface area (Å²) in [5.74, 6) is 0.0441. The number of nitrogens with zero attached hydrogens (tertiary/aromatic N) is 2. The molecule has 0 radical (unpaired) electrons. The van der Waals surface area contributed by atoms with Crippen molar-refractivity contribution in [2.75, 3.05) is 27.2 Å². The van der Waals surface area contributed by atoms with Crippen molar-refractivity contribution < 1.29 is 9.59 Å². The van der Waals surface area contributed by atoms with Crippen LogP contribution in [0.15, 0.2) is 0 Å². The molecule has 16 heavy (non-hydrogen) atoms. The van der Waals surface area contributed by atoms with E-state index in [4.69, 9.17) is 0 Å². The Kier molecular flexibility index (Phi) is 3.14. The molecule has 2 heterocycles. The lowest BCUT2D eigenvalue weighted by Gasteiger charge is -2.20. The zero-order chi connectivity index (χ0) is 11.7. The molecule has 2 saturated heterocycles. The van der Waals surface area contributed by atoms with Gasteiger partial charge in [0, 0.05) is 13.6 Å². The first-order valence-corrected chi connectivity index (χ1v) is 5.85. The summed E-state index contributed by atoms with van der Waals surface area (Å²) >= 11 is 0. The minimum Gasteiger partial charge on any atom is -0.344 e. The standard InChI is InChI=1S/C11H19N3O2/c1-13-6-3-4-9(13)10(15)12-8-5-7-14(2)11(8)16/h8-9H,3-7H2,1-2H3,(H,12,15). The molecule has 0 aromatic heterocycles. The van der Waals surface area contributed by atoms with Crippen LogP contribution in [0.3, 0.4) is 0 Å². The highest BCUT2D eigenvalue weighted by atomic mass is 16.2. The lowest BCUT2D eigenvalue weighted by atomic mass is 10.2. The second-order valence-corrected chi connectivity index (χ2v) is 4.75. The number of rotatable bonds is 2. The van der Waals surface area contributed by atoms with E-state index in [9.17, 15) is 9.59 Å². The summed E-state index contributed by atoms with van der Waals surface area (Å²) in [5.41, 5.74) is 0. The third-order valence-corrected chi connectivity index (χ3v) is 3.57. The molecule has 2 aliphatic heterocycles. The van der Waals surface area contributed by atoms with E-state index in [0.717, 1.165) is 32.4 Å². The van der Waals surface area contributed by atoms with Gasteiger partial charge in [0.2, 0.25) is 11.8 Å². The summed E-state index contributed by atoms with van der Waals surface area (Å²) in [4.78, 5) is 27.3. The Balaban J connectivity index is 1.90. The van der Waals surface area contributed by atoms with Gasteiger partial charge >= 0.3 is 0 Å². The fourth-order valence-electron chi connectivity index (χ4n) is 2.47. The molecule has 2 unspecified atom stereocenters. The second kappa shape index (κ2) is 4.41. The predicted molar refractivity (Wildman–Crippen MR) is 59.8 cm³/mol. The maximum atomic E-state index is 11.9. The SMILES string of the molecule is CN1CCC(NC(=O)C2CCCN2C)C1=O. The molecule has 0 saturated carbocycles. The van der Waals surface area contributed by atoms with Crippen molar-refractivity contribution in [1.29, 1.82) is 0 Å². The van der Waals surface area contributed by atoms with Gasteiger partial charge in [-0.1, -0.05) is 0 Å². The number of hydrogen-bond acceptors (Lipinski definition) is 3. The first-order valence-electron chi connectivity index (χ1n) is 5.85. The van der Waals surface area contributed by atoms with E-state index in [1.165, 1.54) is 0 Å². The fourth-order valence-corrected chi connectivity index (χ4v) is 2.47. The molecule has 0 aromatic rings. The molecule has 2 rings (SSSR count). The van der Waals surface area contributed by atoms with E-state index in [1.54, 1.807) is 11.9 Å². The van der Waals surface area contributed by atoms with Gasteiger partial charge < -0.3 is 10.2 Å². The van der Waals surface area contributed by atoms with Gasteiger partial charge in [0.15, 0.2) is 0 Å². The maximum Gasteiger partial charge on any atom is 0.244 e. The summed E-state index contributed by atoms with van der Waals surface area (Å²) in [6.07, 6.45) is 2.70. The van der Waals surface area contributed by atoms with E-state index < -0.39 is 0 Å². The van der Waals surface area contributed by atoms with E-state index in [1.807, 2.05) is 7.05 Å². The summed E-state index contributed by atoms with van der Waals surface area (Å²) in [7, 11) is 3.73. The number of hydrogen-bond donors (Lipinski definition) is 1. The van der Waals surface area contributed by atoms with Crippen molar-refractivity contribution in [2.45, 2.75) is 31.3 Å². The monoisotopic (exact) mass is 225 g/mol. The second-order valence-electron chi connectivity index (χ2n) is 4.75. The minimum absolute atomic E-state index is 0.00801. The topological polar surface area (TPSA) is 52.7 Å². The highest BCUT2D eigenvalue weighted by Crippen LogP contribution is 2.16. The Morgan fingerprint density at radius 3 is 2.56 bits per heavy atom. The molecule has 0 aromatic carbocycles. The Bertz CT molecular complexity index is 306. The molecule has 0 aliphatic carbocycles. The van der Waals surface area contributed by atoms with Crippen LogP contribution in [-0.2, 0) is 9.59 Å². The van der Waals surface area contributed by atoms with E-state index >= 15 is 0 Å².